The molecule has 2 fully saturated rings. The van der Waals surface area contributed by atoms with E-state index in [4.69, 9.17) is 14.0 Å². The lowest BCUT2D eigenvalue weighted by molar-refractivity contribution is 0.174. The van der Waals surface area contributed by atoms with Crippen molar-refractivity contribution in [1.29, 1.82) is 0 Å². The lowest BCUT2D eigenvalue weighted by Crippen LogP contribution is -2.44. The molecule has 1 atom stereocenters. The van der Waals surface area contributed by atoms with Crippen LogP contribution in [0.5, 0.6) is 11.5 Å². The summed E-state index contributed by atoms with van der Waals surface area (Å²) in [5.41, 5.74) is 1.50. The summed E-state index contributed by atoms with van der Waals surface area (Å²) in [7, 11) is -3.50. The van der Waals surface area contributed by atoms with Gasteiger partial charge in [-0.25, -0.2) is 0 Å². The van der Waals surface area contributed by atoms with E-state index < -0.39 is 10.2 Å². The van der Waals surface area contributed by atoms with Crippen LogP contribution in [-0.2, 0) is 10.2 Å². The lowest BCUT2D eigenvalue weighted by Gasteiger charge is -2.31. The SMILES string of the molecule is O=S(=O)(N1CCCC1)N1CCCCC[C@H]1c1cc(-c2ccc3c(c2)OCO3)on1. The molecule has 0 radical (unpaired) electrons. The van der Waals surface area contributed by atoms with Gasteiger partial charge in [0.25, 0.3) is 10.2 Å². The van der Waals surface area contributed by atoms with Crippen LogP contribution in [0.2, 0.25) is 0 Å². The highest BCUT2D eigenvalue weighted by Crippen LogP contribution is 2.38. The fraction of sp³-hybridized carbons (Fsp3) is 0.550. The Balaban J connectivity index is 1.45. The van der Waals surface area contributed by atoms with E-state index in [0.29, 0.717) is 42.6 Å². The number of ether oxygens (including phenoxy) is 2. The minimum atomic E-state index is -3.50. The molecule has 9 heteroatoms. The molecule has 3 aliphatic rings. The molecule has 8 nitrogen and oxygen atoms in total. The van der Waals surface area contributed by atoms with E-state index in [1.165, 1.54) is 0 Å². The van der Waals surface area contributed by atoms with Crippen molar-refractivity contribution in [2.45, 2.75) is 44.6 Å². The number of nitrogens with zero attached hydrogens (tertiary/aromatic N) is 3. The molecule has 0 aliphatic carbocycles. The Kier molecular flexibility index (Phi) is 4.97. The maximum Gasteiger partial charge on any atom is 0.282 e. The number of rotatable bonds is 4. The number of hydrogen-bond donors (Lipinski definition) is 0. The Morgan fingerprint density at radius 2 is 1.72 bits per heavy atom. The van der Waals surface area contributed by atoms with Crippen LogP contribution in [0.3, 0.4) is 0 Å². The summed E-state index contributed by atoms with van der Waals surface area (Å²) >= 11 is 0. The van der Waals surface area contributed by atoms with E-state index in [9.17, 15) is 8.42 Å². The van der Waals surface area contributed by atoms with Crippen LogP contribution < -0.4 is 9.47 Å². The predicted molar refractivity (Wildman–Crippen MR) is 106 cm³/mol. The van der Waals surface area contributed by atoms with Crippen molar-refractivity contribution < 1.29 is 22.4 Å². The van der Waals surface area contributed by atoms with Gasteiger partial charge in [0.15, 0.2) is 17.3 Å². The standard InChI is InChI=1S/C20H25N3O5S/c24-29(25,22-9-4-5-10-22)23-11-3-1-2-6-17(23)16-13-19(28-21-16)15-7-8-18-20(12-15)27-14-26-18/h7-8,12-13,17H,1-6,9-11,14H2/t17-/m0/s1. The van der Waals surface area contributed by atoms with E-state index in [2.05, 4.69) is 5.16 Å². The monoisotopic (exact) mass is 419 g/mol. The van der Waals surface area contributed by atoms with Gasteiger partial charge in [-0.15, -0.1) is 0 Å². The first-order valence-electron chi connectivity index (χ1n) is 10.3. The van der Waals surface area contributed by atoms with E-state index in [1.54, 1.807) is 8.61 Å². The van der Waals surface area contributed by atoms with Gasteiger partial charge in [-0.2, -0.15) is 17.0 Å². The average Bonchev–Trinajstić information content (AvgIpc) is 3.46. The quantitative estimate of drug-likeness (QED) is 0.756. The highest BCUT2D eigenvalue weighted by atomic mass is 32.2. The third-order valence-corrected chi connectivity index (χ3v) is 7.97. The molecule has 0 spiro atoms. The maximum absolute atomic E-state index is 13.3. The molecule has 4 heterocycles. The fourth-order valence-corrected chi connectivity index (χ4v) is 6.26. The van der Waals surface area contributed by atoms with Crippen molar-refractivity contribution in [3.63, 3.8) is 0 Å². The van der Waals surface area contributed by atoms with E-state index in [-0.39, 0.29) is 12.8 Å². The Morgan fingerprint density at radius 1 is 0.931 bits per heavy atom. The molecule has 0 bridgehead atoms. The minimum absolute atomic E-state index is 0.214. The zero-order valence-electron chi connectivity index (χ0n) is 16.2. The van der Waals surface area contributed by atoms with Crippen molar-refractivity contribution in [3.05, 3.63) is 30.0 Å². The van der Waals surface area contributed by atoms with E-state index in [0.717, 1.165) is 44.1 Å². The molecule has 29 heavy (non-hydrogen) atoms. The number of aromatic nitrogens is 1. The first-order valence-corrected chi connectivity index (χ1v) is 11.7. The summed E-state index contributed by atoms with van der Waals surface area (Å²) in [4.78, 5) is 0. The van der Waals surface area contributed by atoms with Crippen molar-refractivity contribution in [1.82, 2.24) is 13.8 Å². The minimum Gasteiger partial charge on any atom is -0.454 e. The molecular formula is C20H25N3O5S. The third-order valence-electron chi connectivity index (χ3n) is 5.92. The van der Waals surface area contributed by atoms with Gasteiger partial charge in [0.1, 0.15) is 5.69 Å². The van der Waals surface area contributed by atoms with E-state index in [1.807, 2.05) is 24.3 Å². The highest BCUT2D eigenvalue weighted by molar-refractivity contribution is 7.86. The largest absolute Gasteiger partial charge is 0.454 e. The fourth-order valence-electron chi connectivity index (χ4n) is 4.35. The average molecular weight is 420 g/mol. The van der Waals surface area contributed by atoms with Gasteiger partial charge in [-0.1, -0.05) is 18.0 Å². The van der Waals surface area contributed by atoms with Gasteiger partial charge in [-0.05, 0) is 43.9 Å². The third kappa shape index (κ3) is 3.51. The first kappa shape index (κ1) is 18.9. The molecule has 0 N–H and O–H groups in total. The summed E-state index contributed by atoms with van der Waals surface area (Å²) in [5.74, 6) is 1.98. The summed E-state index contributed by atoms with van der Waals surface area (Å²) in [6.45, 7) is 1.95. The molecule has 0 saturated carbocycles. The molecule has 156 valence electrons. The Morgan fingerprint density at radius 3 is 2.59 bits per heavy atom. The zero-order chi connectivity index (χ0) is 19.8. The second-order valence-electron chi connectivity index (χ2n) is 7.77. The summed E-state index contributed by atoms with van der Waals surface area (Å²) in [6, 6.07) is 7.16. The van der Waals surface area contributed by atoms with Crippen LogP contribution in [0, 0.1) is 0 Å². The van der Waals surface area contributed by atoms with E-state index >= 15 is 0 Å². The van der Waals surface area contributed by atoms with Crippen molar-refractivity contribution in [3.8, 4) is 22.8 Å². The second-order valence-corrected chi connectivity index (χ2v) is 9.65. The van der Waals surface area contributed by atoms with Gasteiger partial charge in [0, 0.05) is 31.3 Å². The summed E-state index contributed by atoms with van der Waals surface area (Å²) in [6.07, 6.45) is 5.47. The van der Waals surface area contributed by atoms with Crippen LogP contribution >= 0.6 is 0 Å². The molecule has 1 aromatic carbocycles. The van der Waals surface area contributed by atoms with Crippen LogP contribution in [0.15, 0.2) is 28.8 Å². The van der Waals surface area contributed by atoms with Gasteiger partial charge in [0.2, 0.25) is 6.79 Å². The highest BCUT2D eigenvalue weighted by Gasteiger charge is 2.38. The second kappa shape index (κ2) is 7.62. The lowest BCUT2D eigenvalue weighted by atomic mass is 10.1. The van der Waals surface area contributed by atoms with Gasteiger partial charge in [0.05, 0.1) is 6.04 Å². The summed E-state index contributed by atoms with van der Waals surface area (Å²) < 4.78 is 46.3. The van der Waals surface area contributed by atoms with Crippen LogP contribution in [0.1, 0.15) is 50.3 Å². The van der Waals surface area contributed by atoms with Crippen molar-refractivity contribution >= 4 is 10.2 Å². The van der Waals surface area contributed by atoms with Crippen molar-refractivity contribution in [2.75, 3.05) is 26.4 Å². The first-order chi connectivity index (χ1) is 14.1. The topological polar surface area (TPSA) is 85.1 Å². The Labute approximate surface area is 170 Å². The molecule has 0 unspecified atom stereocenters. The van der Waals surface area contributed by atoms with Crippen LogP contribution in [-0.4, -0.2) is 48.6 Å². The number of fused-ring (bicyclic) bond motifs is 1. The summed E-state index contributed by atoms with van der Waals surface area (Å²) in [5, 5.41) is 4.27. The van der Waals surface area contributed by atoms with Crippen LogP contribution in [0.4, 0.5) is 0 Å². The van der Waals surface area contributed by atoms with Crippen LogP contribution in [0.25, 0.3) is 11.3 Å². The molecule has 0 amide bonds. The Bertz CT molecular complexity index is 984. The molecule has 2 saturated heterocycles. The number of benzene rings is 1. The van der Waals surface area contributed by atoms with Gasteiger partial charge in [-0.3, -0.25) is 0 Å². The van der Waals surface area contributed by atoms with Crippen molar-refractivity contribution in [2.24, 2.45) is 0 Å². The molecule has 3 aliphatic heterocycles. The maximum atomic E-state index is 13.3. The zero-order valence-corrected chi connectivity index (χ0v) is 17.1. The molecule has 5 rings (SSSR count). The molecule has 1 aromatic heterocycles. The smallest absolute Gasteiger partial charge is 0.282 e. The Hall–Kier alpha value is -2.10. The van der Waals surface area contributed by atoms with Gasteiger partial charge >= 0.3 is 0 Å². The molecular weight excluding hydrogens is 394 g/mol. The normalized spacial score (nSPS) is 23.4. The van der Waals surface area contributed by atoms with Gasteiger partial charge < -0.3 is 14.0 Å². The predicted octanol–water partition coefficient (Wildman–Crippen LogP) is 3.33. The number of hydrogen-bond acceptors (Lipinski definition) is 6. The molecule has 2 aromatic rings.